The second-order valence-electron chi connectivity index (χ2n) is 7.39. The fourth-order valence-corrected chi connectivity index (χ4v) is 3.98. The molecule has 5 rings (SSSR count). The first-order valence-corrected chi connectivity index (χ1v) is 9.75. The zero-order chi connectivity index (χ0) is 18.9. The van der Waals surface area contributed by atoms with E-state index in [4.69, 9.17) is 4.74 Å². The predicted molar refractivity (Wildman–Crippen MR) is 112 cm³/mol. The summed E-state index contributed by atoms with van der Waals surface area (Å²) in [4.78, 5) is 15.9. The molecule has 6 nitrogen and oxygen atoms in total. The number of likely N-dealkylation sites (N-methyl/N-ethyl adjacent to an activating group) is 1. The maximum absolute atomic E-state index is 5.78. The van der Waals surface area contributed by atoms with Crippen LogP contribution in [-0.4, -0.2) is 42.1 Å². The van der Waals surface area contributed by atoms with Gasteiger partial charge in [-0.15, -0.1) is 0 Å². The van der Waals surface area contributed by atoms with E-state index in [1.54, 1.807) is 0 Å². The molecule has 2 aromatic heterocycles. The standard InChI is InChI=1S/C22H23N5O/c1-27(14-18-5-3-11-28-18)22-19-7-6-17(12-15(19)8-10-24-22)26-21-20-16(13-25-21)4-2-9-23-20/h2,4,6-10,12,18H,3,5,11,13-14H2,1H3,(H,25,26). The minimum atomic E-state index is 0.302. The number of rotatable bonds is 4. The van der Waals surface area contributed by atoms with E-state index in [9.17, 15) is 0 Å². The number of ether oxygens (including phenoxy) is 1. The van der Waals surface area contributed by atoms with Crippen LogP contribution in [0.15, 0.2) is 53.8 Å². The first kappa shape index (κ1) is 17.1. The number of anilines is 2. The summed E-state index contributed by atoms with van der Waals surface area (Å²) < 4.78 is 5.78. The summed E-state index contributed by atoms with van der Waals surface area (Å²) in [6.45, 7) is 2.42. The highest BCUT2D eigenvalue weighted by atomic mass is 16.5. The predicted octanol–water partition coefficient (Wildman–Crippen LogP) is 3.62. The Morgan fingerprint density at radius 2 is 2.14 bits per heavy atom. The second kappa shape index (κ2) is 7.20. The Labute approximate surface area is 164 Å². The number of fused-ring (bicyclic) bond motifs is 2. The summed E-state index contributed by atoms with van der Waals surface area (Å²) in [5.74, 6) is 1.82. The third-order valence-corrected chi connectivity index (χ3v) is 5.39. The first-order chi connectivity index (χ1) is 13.8. The molecule has 1 N–H and O–H groups in total. The van der Waals surface area contributed by atoms with E-state index < -0.39 is 0 Å². The average molecular weight is 373 g/mol. The molecule has 1 atom stereocenters. The van der Waals surface area contributed by atoms with E-state index in [2.05, 4.69) is 56.5 Å². The lowest BCUT2D eigenvalue weighted by Gasteiger charge is -2.23. The molecule has 2 aliphatic rings. The molecule has 0 spiro atoms. The molecule has 1 unspecified atom stereocenters. The van der Waals surface area contributed by atoms with Gasteiger partial charge in [0.05, 0.1) is 12.6 Å². The molecule has 3 aromatic rings. The summed E-state index contributed by atoms with van der Waals surface area (Å²) >= 11 is 0. The van der Waals surface area contributed by atoms with Crippen LogP contribution in [0, 0.1) is 0 Å². The van der Waals surface area contributed by atoms with E-state index in [-0.39, 0.29) is 0 Å². The Morgan fingerprint density at radius 3 is 3.04 bits per heavy atom. The quantitative estimate of drug-likeness (QED) is 0.757. The largest absolute Gasteiger partial charge is 0.376 e. The molecule has 1 saturated heterocycles. The van der Waals surface area contributed by atoms with Gasteiger partial charge in [0, 0.05) is 49.2 Å². The highest BCUT2D eigenvalue weighted by Gasteiger charge is 2.20. The van der Waals surface area contributed by atoms with Crippen molar-refractivity contribution in [1.29, 1.82) is 0 Å². The van der Waals surface area contributed by atoms with Crippen LogP contribution in [0.2, 0.25) is 0 Å². The van der Waals surface area contributed by atoms with Crippen molar-refractivity contribution in [3.63, 3.8) is 0 Å². The Hall–Kier alpha value is -2.99. The fraction of sp³-hybridized carbons (Fsp3) is 0.318. The minimum absolute atomic E-state index is 0.302. The van der Waals surface area contributed by atoms with Gasteiger partial charge in [0.2, 0.25) is 0 Å². The monoisotopic (exact) mass is 373 g/mol. The molecule has 1 fully saturated rings. The highest BCUT2D eigenvalue weighted by molar-refractivity contribution is 6.10. The van der Waals surface area contributed by atoms with Crippen molar-refractivity contribution in [2.24, 2.45) is 4.99 Å². The SMILES string of the molecule is CN(CC1CCCO1)c1nccc2cc(NC3=NCc4cccnc43)ccc12. The van der Waals surface area contributed by atoms with Gasteiger partial charge in [-0.05, 0) is 48.6 Å². The number of aliphatic imine (C=N–C) groups is 1. The first-order valence-electron chi connectivity index (χ1n) is 9.75. The molecule has 142 valence electrons. The second-order valence-corrected chi connectivity index (χ2v) is 7.39. The van der Waals surface area contributed by atoms with Crippen LogP contribution >= 0.6 is 0 Å². The molecule has 0 aliphatic carbocycles. The molecule has 4 heterocycles. The average Bonchev–Trinajstić information content (AvgIpc) is 3.38. The van der Waals surface area contributed by atoms with Gasteiger partial charge in [-0.1, -0.05) is 6.07 Å². The van der Waals surface area contributed by atoms with Crippen LogP contribution < -0.4 is 10.2 Å². The van der Waals surface area contributed by atoms with Crippen molar-refractivity contribution in [3.8, 4) is 0 Å². The van der Waals surface area contributed by atoms with Crippen LogP contribution in [0.25, 0.3) is 10.8 Å². The Balaban J connectivity index is 1.40. The maximum atomic E-state index is 5.78. The van der Waals surface area contributed by atoms with E-state index in [1.165, 1.54) is 0 Å². The van der Waals surface area contributed by atoms with Gasteiger partial charge in [-0.25, -0.2) is 4.98 Å². The van der Waals surface area contributed by atoms with Crippen molar-refractivity contribution >= 4 is 28.1 Å². The van der Waals surface area contributed by atoms with Crippen molar-refractivity contribution in [1.82, 2.24) is 9.97 Å². The van der Waals surface area contributed by atoms with Gasteiger partial charge >= 0.3 is 0 Å². The number of aromatic nitrogens is 2. The molecule has 1 aromatic carbocycles. The molecule has 0 amide bonds. The minimum Gasteiger partial charge on any atom is -0.376 e. The lowest BCUT2D eigenvalue weighted by atomic mass is 10.1. The van der Waals surface area contributed by atoms with Gasteiger partial charge in [-0.3, -0.25) is 9.98 Å². The molecule has 2 aliphatic heterocycles. The lowest BCUT2D eigenvalue weighted by Crippen LogP contribution is -2.29. The summed E-state index contributed by atoms with van der Waals surface area (Å²) in [5.41, 5.74) is 3.10. The van der Waals surface area contributed by atoms with E-state index in [0.29, 0.717) is 12.6 Å². The van der Waals surface area contributed by atoms with Gasteiger partial charge in [0.1, 0.15) is 11.5 Å². The fourth-order valence-electron chi connectivity index (χ4n) is 3.98. The van der Waals surface area contributed by atoms with Gasteiger partial charge in [0.15, 0.2) is 5.84 Å². The highest BCUT2D eigenvalue weighted by Crippen LogP contribution is 2.28. The molecule has 0 saturated carbocycles. The van der Waals surface area contributed by atoms with Gasteiger partial charge in [0.25, 0.3) is 0 Å². The number of hydrogen-bond donors (Lipinski definition) is 1. The van der Waals surface area contributed by atoms with Crippen LogP contribution in [0.5, 0.6) is 0 Å². The van der Waals surface area contributed by atoms with E-state index >= 15 is 0 Å². The summed E-state index contributed by atoms with van der Waals surface area (Å²) in [5, 5.41) is 5.72. The van der Waals surface area contributed by atoms with Crippen LogP contribution in [0.4, 0.5) is 11.5 Å². The molecule has 0 radical (unpaired) electrons. The number of amidine groups is 1. The zero-order valence-electron chi connectivity index (χ0n) is 15.9. The number of nitrogens with one attached hydrogen (secondary N) is 1. The third kappa shape index (κ3) is 3.20. The molecule has 0 bridgehead atoms. The normalized spacial score (nSPS) is 18.2. The van der Waals surface area contributed by atoms with Crippen LogP contribution in [-0.2, 0) is 11.3 Å². The van der Waals surface area contributed by atoms with Gasteiger partial charge in [-0.2, -0.15) is 0 Å². The molecule has 28 heavy (non-hydrogen) atoms. The molecular weight excluding hydrogens is 350 g/mol. The topological polar surface area (TPSA) is 62.6 Å². The Kier molecular flexibility index (Phi) is 4.41. The molecule has 6 heteroatoms. The maximum Gasteiger partial charge on any atom is 0.152 e. The van der Waals surface area contributed by atoms with Crippen molar-refractivity contribution < 1.29 is 4.74 Å². The number of pyridine rings is 2. The summed E-state index contributed by atoms with van der Waals surface area (Å²) in [6.07, 6.45) is 6.26. The lowest BCUT2D eigenvalue weighted by molar-refractivity contribution is 0.116. The zero-order valence-corrected chi connectivity index (χ0v) is 15.9. The smallest absolute Gasteiger partial charge is 0.152 e. The van der Waals surface area contributed by atoms with Gasteiger partial charge < -0.3 is 15.0 Å². The van der Waals surface area contributed by atoms with Crippen molar-refractivity contribution in [2.75, 3.05) is 30.4 Å². The van der Waals surface area contributed by atoms with Crippen LogP contribution in [0.1, 0.15) is 24.1 Å². The van der Waals surface area contributed by atoms with E-state index in [0.717, 1.165) is 65.4 Å². The third-order valence-electron chi connectivity index (χ3n) is 5.39. The van der Waals surface area contributed by atoms with Crippen molar-refractivity contribution in [3.05, 3.63) is 60.0 Å². The summed E-state index contributed by atoms with van der Waals surface area (Å²) in [7, 11) is 2.09. The van der Waals surface area contributed by atoms with Crippen molar-refractivity contribution in [2.45, 2.75) is 25.5 Å². The molecular formula is C22H23N5O. The number of nitrogens with zero attached hydrogens (tertiary/aromatic N) is 4. The van der Waals surface area contributed by atoms with Crippen LogP contribution in [0.3, 0.4) is 0 Å². The Morgan fingerprint density at radius 1 is 1.18 bits per heavy atom. The summed E-state index contributed by atoms with van der Waals surface area (Å²) in [6, 6.07) is 12.4. The van der Waals surface area contributed by atoms with E-state index in [1.807, 2.05) is 24.5 Å². The Bertz CT molecular complexity index is 1040. The number of hydrogen-bond acceptors (Lipinski definition) is 6. The number of benzene rings is 1.